The molecule has 0 aliphatic heterocycles. The zero-order valence-corrected chi connectivity index (χ0v) is 55.6. The van der Waals surface area contributed by atoms with Crippen LogP contribution in [0.5, 0.6) is 92.0 Å². The van der Waals surface area contributed by atoms with Crippen LogP contribution in [0.2, 0.25) is 0 Å². The second-order valence-electron chi connectivity index (χ2n) is 25.0. The zero-order chi connectivity index (χ0) is 70.7. The van der Waals surface area contributed by atoms with Gasteiger partial charge in [-0.05, 0) is 167 Å². The van der Waals surface area contributed by atoms with E-state index in [2.05, 4.69) is 94.5 Å². The molecule has 1 atom stereocenters. The summed E-state index contributed by atoms with van der Waals surface area (Å²) in [5, 5.41) is 34.7. The van der Waals surface area contributed by atoms with Gasteiger partial charge in [0, 0.05) is 52.4 Å². The highest BCUT2D eigenvalue weighted by Gasteiger charge is 2.57. The normalized spacial score (nSPS) is 13.7. The molecule has 1 unspecified atom stereocenters. The summed E-state index contributed by atoms with van der Waals surface area (Å²) < 4.78 is 53.9. The Morgan fingerprint density at radius 1 is 0.347 bits per heavy atom. The van der Waals surface area contributed by atoms with Crippen molar-refractivity contribution in [1.82, 2.24) is 0 Å². The molecule has 0 aromatic heterocycles. The van der Waals surface area contributed by atoms with E-state index in [1.165, 1.54) is 0 Å². The highest BCUT2D eigenvalue weighted by molar-refractivity contribution is 5.74. The Bertz CT molecular complexity index is 4930. The van der Waals surface area contributed by atoms with E-state index in [9.17, 15) is 10.5 Å². The minimum Gasteiger partial charge on any atom is -0.468 e. The SMILES string of the molecule is [C-]#[N+]c1c(Oc2cccc(NCC#C)c2)cccc1Oc1cc2c(cc1Oc1cccc(Oc3cccc(NCC#C)c3)c1[N+]#[C-])C1(CC(C)(C)c3cc(Oc4cccc(Oc5cccc(NCC#C)c5)c4C#N)c(Oc4cccc(Oc5cccc(NCC#C)c5)c4C#N)cc31)CC2(C)C. The van der Waals surface area contributed by atoms with Gasteiger partial charge in [0.1, 0.15) is 92.3 Å². The molecule has 0 heterocycles. The summed E-state index contributed by atoms with van der Waals surface area (Å²) in [6.07, 6.45) is 23.3. The minimum atomic E-state index is -0.813. The van der Waals surface area contributed by atoms with Crippen LogP contribution in [-0.4, -0.2) is 26.2 Å². The number of nitrogens with zero attached hydrogens (tertiary/aromatic N) is 4. The Morgan fingerprint density at radius 3 is 0.881 bits per heavy atom. The first kappa shape index (κ1) is 67.0. The second kappa shape index (κ2) is 29.1. The number of ether oxygens (including phenoxy) is 8. The Morgan fingerprint density at radius 2 is 0.594 bits per heavy atom. The van der Waals surface area contributed by atoms with Crippen LogP contribution in [0.25, 0.3) is 9.69 Å². The summed E-state index contributed by atoms with van der Waals surface area (Å²) in [5.41, 5.74) is 4.89. The molecule has 0 bridgehead atoms. The van der Waals surface area contributed by atoms with Gasteiger partial charge in [0.05, 0.1) is 39.3 Å². The molecule has 0 radical (unpaired) electrons. The maximum absolute atomic E-state index is 11.1. The number of para-hydroxylation sites is 2. The number of terminal acetylenes is 4. The second-order valence-corrected chi connectivity index (χ2v) is 25.0. The summed E-state index contributed by atoms with van der Waals surface area (Å²) in [5.74, 6) is 14.6. The number of anilines is 4. The van der Waals surface area contributed by atoms with Crippen molar-refractivity contribution in [3.05, 3.63) is 250 Å². The highest BCUT2D eigenvalue weighted by Crippen LogP contribution is 2.66. The number of benzene rings is 10. The molecular weight excluding hydrogens is 1260 g/mol. The average Bonchev–Trinajstić information content (AvgIpc) is 1.52. The van der Waals surface area contributed by atoms with Crippen LogP contribution in [0, 0.1) is 85.2 Å². The quantitative estimate of drug-likeness (QED) is 0.0332. The standard InChI is InChI=1S/C85H64N8O8/c1-11-39-90-55-23-15-27-59(43-55)94-69-31-19-33-71(63(69)51-86)98-77-47-65-67(49-79(77)99-72-34-20-32-70(64(72)52-87)95-60-28-16-24-56(44-60)91-40-12-2)85(53-83(65,5)6)54-84(7,8)66-48-78(100-75-37-21-35-73(81(75)88-9)96-61-29-17-25-57(45-61)92-41-13-3)80(50-68(66)85)101-76-38-22-36-74(82(76)89-10)97-62-30-18-26-58(46-62)93-42-14-4/h1-4,15-38,43-50,90-93H,39-42,53-54H2,5-8H3. The fourth-order valence-electron chi connectivity index (χ4n) is 13.0. The van der Waals surface area contributed by atoms with E-state index in [1.54, 1.807) is 121 Å². The molecular formula is C85H64N8O8. The van der Waals surface area contributed by atoms with E-state index in [4.69, 9.17) is 76.7 Å². The molecule has 0 saturated heterocycles. The lowest BCUT2D eigenvalue weighted by atomic mass is 9.72. The molecule has 0 saturated carbocycles. The van der Waals surface area contributed by atoms with Gasteiger partial charge in [-0.25, -0.2) is 9.69 Å². The number of nitriles is 2. The van der Waals surface area contributed by atoms with E-state index in [1.807, 2.05) is 72.8 Å². The van der Waals surface area contributed by atoms with Crippen molar-refractivity contribution in [2.45, 2.75) is 56.8 Å². The molecule has 10 aromatic rings. The average molecular weight is 1330 g/mol. The van der Waals surface area contributed by atoms with Gasteiger partial charge in [-0.3, -0.25) is 0 Å². The summed E-state index contributed by atoms with van der Waals surface area (Å²) in [6.45, 7) is 27.1. The molecule has 4 N–H and O–H groups in total. The van der Waals surface area contributed by atoms with Gasteiger partial charge >= 0.3 is 0 Å². The zero-order valence-electron chi connectivity index (χ0n) is 55.6. The number of rotatable bonds is 24. The van der Waals surface area contributed by atoms with Crippen molar-refractivity contribution in [2.75, 3.05) is 47.4 Å². The Labute approximate surface area is 587 Å². The molecule has 1 spiro atoms. The summed E-state index contributed by atoms with van der Waals surface area (Å²) in [7, 11) is 0. The fourth-order valence-corrected chi connectivity index (χ4v) is 13.0. The Balaban J connectivity index is 1.01. The fraction of sp³-hybridized carbons (Fsp3) is 0.153. The molecule has 10 aromatic carbocycles. The lowest BCUT2D eigenvalue weighted by Crippen LogP contribution is -2.27. The van der Waals surface area contributed by atoms with Crippen LogP contribution < -0.4 is 59.2 Å². The third-order valence-electron chi connectivity index (χ3n) is 17.2. The maximum Gasteiger partial charge on any atom is 0.270 e. The number of nitrogens with one attached hydrogen (secondary N) is 4. The molecule has 16 heteroatoms. The van der Waals surface area contributed by atoms with Crippen molar-refractivity contribution in [3.63, 3.8) is 0 Å². The van der Waals surface area contributed by atoms with E-state index in [0.717, 1.165) is 45.0 Å². The van der Waals surface area contributed by atoms with Gasteiger partial charge in [0.15, 0.2) is 23.0 Å². The van der Waals surface area contributed by atoms with Gasteiger partial charge in [0.2, 0.25) is 0 Å². The molecule has 0 amide bonds. The van der Waals surface area contributed by atoms with Gasteiger partial charge in [0.25, 0.3) is 11.4 Å². The van der Waals surface area contributed by atoms with Crippen molar-refractivity contribution in [2.24, 2.45) is 0 Å². The molecule has 0 fully saturated rings. The van der Waals surface area contributed by atoms with Crippen LogP contribution in [0.3, 0.4) is 0 Å². The number of hydrogen-bond donors (Lipinski definition) is 4. The van der Waals surface area contributed by atoms with Gasteiger partial charge in [-0.2, -0.15) is 10.5 Å². The van der Waals surface area contributed by atoms with Crippen LogP contribution in [0.4, 0.5) is 34.1 Å². The number of hydrogen-bond acceptors (Lipinski definition) is 14. The first-order valence-corrected chi connectivity index (χ1v) is 32.1. The van der Waals surface area contributed by atoms with Crippen LogP contribution in [0.1, 0.15) is 73.9 Å². The lowest BCUT2D eigenvalue weighted by molar-refractivity contribution is 0.349. The largest absolute Gasteiger partial charge is 0.468 e. The summed E-state index contributed by atoms with van der Waals surface area (Å²) >= 11 is 0. The molecule has 492 valence electrons. The van der Waals surface area contributed by atoms with Crippen LogP contribution >= 0.6 is 0 Å². The predicted molar refractivity (Wildman–Crippen MR) is 392 cm³/mol. The lowest BCUT2D eigenvalue weighted by Gasteiger charge is -2.31. The van der Waals surface area contributed by atoms with Crippen molar-refractivity contribution in [3.8, 4) is 154 Å². The molecule has 101 heavy (non-hydrogen) atoms. The first-order valence-electron chi connectivity index (χ1n) is 32.1. The van der Waals surface area contributed by atoms with Crippen molar-refractivity contribution in [1.29, 1.82) is 10.5 Å². The van der Waals surface area contributed by atoms with Gasteiger partial charge < -0.3 is 59.2 Å². The third-order valence-corrected chi connectivity index (χ3v) is 17.2. The van der Waals surface area contributed by atoms with Crippen molar-refractivity contribution < 1.29 is 37.9 Å². The van der Waals surface area contributed by atoms with E-state index in [0.29, 0.717) is 62.0 Å². The van der Waals surface area contributed by atoms with Gasteiger partial charge in [-0.15, -0.1) is 25.7 Å². The summed E-state index contributed by atoms with van der Waals surface area (Å²) in [6, 6.07) is 61.9. The molecule has 2 aliphatic carbocycles. The molecule has 2 aliphatic rings. The van der Waals surface area contributed by atoms with Gasteiger partial charge in [-0.1, -0.05) is 99.9 Å². The van der Waals surface area contributed by atoms with E-state index >= 15 is 0 Å². The van der Waals surface area contributed by atoms with E-state index < -0.39 is 16.2 Å². The monoisotopic (exact) mass is 1320 g/mol. The highest BCUT2D eigenvalue weighted by atomic mass is 16.5. The third kappa shape index (κ3) is 14.3. The van der Waals surface area contributed by atoms with Crippen LogP contribution in [0.15, 0.2) is 194 Å². The van der Waals surface area contributed by atoms with Crippen molar-refractivity contribution >= 4 is 34.1 Å². The number of fused-ring (bicyclic) bond motifs is 4. The summed E-state index contributed by atoms with van der Waals surface area (Å²) in [4.78, 5) is 7.97. The Kier molecular flexibility index (Phi) is 19.3. The molecule has 12 rings (SSSR count). The maximum atomic E-state index is 11.1. The minimum absolute atomic E-state index is 0.0740. The Hall–Kier alpha value is -14.0. The first-order chi connectivity index (χ1) is 49.1. The predicted octanol–water partition coefficient (Wildman–Crippen LogP) is 20.7. The topological polar surface area (TPSA) is 178 Å². The van der Waals surface area contributed by atoms with Crippen LogP contribution in [-0.2, 0) is 16.2 Å². The smallest absolute Gasteiger partial charge is 0.270 e. The molecule has 16 nitrogen and oxygen atoms in total. The van der Waals surface area contributed by atoms with E-state index in [-0.39, 0.29) is 91.5 Å².